The molecule has 14 heteroatoms. The molecule has 2 amide bonds. The van der Waals surface area contributed by atoms with E-state index in [1.165, 1.54) is 6.20 Å². The number of piperidine rings is 1. The van der Waals surface area contributed by atoms with E-state index in [1.807, 2.05) is 29.2 Å². The Balaban J connectivity index is 1.08. The largest absolute Gasteiger partial charge is 0.476 e. The molecule has 1 spiro atoms. The number of alkyl halides is 1. The highest BCUT2D eigenvalue weighted by Gasteiger charge is 2.48. The van der Waals surface area contributed by atoms with Crippen molar-refractivity contribution in [1.29, 1.82) is 0 Å². The van der Waals surface area contributed by atoms with Gasteiger partial charge in [-0.25, -0.2) is 9.79 Å². The molecule has 5 rings (SSSR count). The zero-order valence-corrected chi connectivity index (χ0v) is 24.3. The van der Waals surface area contributed by atoms with Gasteiger partial charge in [-0.1, -0.05) is 23.7 Å². The fraction of sp³-hybridized carbons (Fsp3) is 0.536. The highest BCUT2D eigenvalue weighted by Crippen LogP contribution is 2.38. The van der Waals surface area contributed by atoms with Gasteiger partial charge in [0.1, 0.15) is 11.6 Å². The number of aryl methyl sites for hydroxylation is 1. The van der Waals surface area contributed by atoms with Gasteiger partial charge < -0.3 is 41.8 Å². The second kappa shape index (κ2) is 11.7. The molecule has 7 N–H and O–H groups in total. The molecule has 0 bridgehead atoms. The number of aliphatic imine (C=N–C) groups is 2. The average Bonchev–Trinajstić information content (AvgIpc) is 3.34. The SMILES string of the molecule is CCOC(=O)C1(Oc2ccc(CCC(=O)N3CCC4(CC3)CNC(=NC(=O)C3(Cl)NC=C(N)N=C3N)N4)cc2)CCC1. The first-order chi connectivity index (χ1) is 20.1. The number of guanidine groups is 1. The van der Waals surface area contributed by atoms with Crippen molar-refractivity contribution in [2.75, 3.05) is 26.2 Å². The molecule has 0 aromatic heterocycles. The minimum absolute atomic E-state index is 0.0884. The number of ether oxygens (including phenoxy) is 2. The van der Waals surface area contributed by atoms with Crippen molar-refractivity contribution in [3.05, 3.63) is 41.8 Å². The van der Waals surface area contributed by atoms with E-state index in [0.29, 0.717) is 76.5 Å². The molecule has 1 saturated carbocycles. The van der Waals surface area contributed by atoms with Crippen LogP contribution < -0.4 is 32.2 Å². The first-order valence-corrected chi connectivity index (χ1v) is 14.6. The molecule has 1 aromatic rings. The molecule has 1 aromatic carbocycles. The third kappa shape index (κ3) is 5.96. The second-order valence-corrected chi connectivity index (χ2v) is 11.7. The lowest BCUT2D eigenvalue weighted by atomic mass is 9.80. The maximum absolute atomic E-state index is 13.0. The summed E-state index contributed by atoms with van der Waals surface area (Å²) in [6, 6.07) is 7.55. The van der Waals surface area contributed by atoms with Gasteiger partial charge in [-0.05, 0) is 63.1 Å². The maximum Gasteiger partial charge on any atom is 0.350 e. The monoisotopic (exact) mass is 600 g/mol. The third-order valence-electron chi connectivity index (χ3n) is 8.25. The number of carbonyl (C=O) groups is 3. The van der Waals surface area contributed by atoms with Crippen LogP contribution in [0.3, 0.4) is 0 Å². The molecule has 4 aliphatic rings. The molecule has 226 valence electrons. The van der Waals surface area contributed by atoms with Crippen molar-refractivity contribution in [2.45, 2.75) is 68.0 Å². The Kier molecular flexibility index (Phi) is 8.22. The number of nitrogens with two attached hydrogens (primary N) is 2. The number of carbonyl (C=O) groups excluding carboxylic acids is 3. The predicted molar refractivity (Wildman–Crippen MR) is 156 cm³/mol. The number of esters is 1. The van der Waals surface area contributed by atoms with Crippen LogP contribution >= 0.6 is 11.6 Å². The smallest absolute Gasteiger partial charge is 0.350 e. The summed E-state index contributed by atoms with van der Waals surface area (Å²) in [6.07, 6.45) is 5.92. The topological polar surface area (TPSA) is 186 Å². The van der Waals surface area contributed by atoms with E-state index >= 15 is 0 Å². The minimum atomic E-state index is -1.81. The van der Waals surface area contributed by atoms with Gasteiger partial charge in [0.05, 0.1) is 12.1 Å². The lowest BCUT2D eigenvalue weighted by molar-refractivity contribution is -0.169. The molecule has 42 heavy (non-hydrogen) atoms. The van der Waals surface area contributed by atoms with Crippen LogP contribution in [0.4, 0.5) is 0 Å². The predicted octanol–water partition coefficient (Wildman–Crippen LogP) is 0.574. The summed E-state index contributed by atoms with van der Waals surface area (Å²) in [5.74, 6) is -0.0953. The summed E-state index contributed by atoms with van der Waals surface area (Å²) < 4.78 is 11.2. The van der Waals surface area contributed by atoms with Crippen LogP contribution in [0.25, 0.3) is 0 Å². The lowest BCUT2D eigenvalue weighted by Crippen LogP contribution is -2.57. The molecule has 1 atom stereocenters. The van der Waals surface area contributed by atoms with Gasteiger partial charge in [-0.15, -0.1) is 0 Å². The highest BCUT2D eigenvalue weighted by molar-refractivity contribution is 6.47. The van der Waals surface area contributed by atoms with E-state index in [4.69, 9.17) is 32.5 Å². The van der Waals surface area contributed by atoms with Gasteiger partial charge in [0.2, 0.25) is 11.5 Å². The fourth-order valence-electron chi connectivity index (χ4n) is 5.46. The van der Waals surface area contributed by atoms with Crippen molar-refractivity contribution in [3.63, 3.8) is 0 Å². The molecule has 2 saturated heterocycles. The van der Waals surface area contributed by atoms with Crippen LogP contribution in [0.1, 0.15) is 51.0 Å². The van der Waals surface area contributed by atoms with Gasteiger partial charge in [0.25, 0.3) is 10.9 Å². The maximum atomic E-state index is 13.0. The molecule has 13 nitrogen and oxygen atoms in total. The Morgan fingerprint density at radius 1 is 1.12 bits per heavy atom. The highest BCUT2D eigenvalue weighted by atomic mass is 35.5. The quantitative estimate of drug-likeness (QED) is 0.160. The van der Waals surface area contributed by atoms with Gasteiger partial charge in [0, 0.05) is 32.3 Å². The fourth-order valence-corrected chi connectivity index (χ4v) is 5.60. The van der Waals surface area contributed by atoms with E-state index in [1.54, 1.807) is 6.92 Å². The number of nitrogens with zero attached hydrogens (tertiary/aromatic N) is 3. The minimum Gasteiger partial charge on any atom is -0.476 e. The molecular formula is C28H37ClN8O5. The van der Waals surface area contributed by atoms with Crippen LogP contribution in [0, 0.1) is 0 Å². The molecule has 1 aliphatic carbocycles. The number of rotatable bonds is 8. The van der Waals surface area contributed by atoms with E-state index in [-0.39, 0.29) is 29.1 Å². The summed E-state index contributed by atoms with van der Waals surface area (Å²) >= 11 is 6.34. The normalized spacial score (nSPS) is 24.8. The summed E-state index contributed by atoms with van der Waals surface area (Å²) in [6.45, 7) is 3.85. The zero-order valence-electron chi connectivity index (χ0n) is 23.6. The van der Waals surface area contributed by atoms with Crippen LogP contribution in [0.2, 0.25) is 0 Å². The molecule has 0 radical (unpaired) electrons. The van der Waals surface area contributed by atoms with Crippen LogP contribution in [-0.2, 0) is 25.5 Å². The molecule has 1 unspecified atom stereocenters. The number of benzene rings is 1. The van der Waals surface area contributed by atoms with Crippen molar-refractivity contribution < 1.29 is 23.9 Å². The number of amides is 2. The van der Waals surface area contributed by atoms with Crippen molar-refractivity contribution in [2.24, 2.45) is 21.5 Å². The Morgan fingerprint density at radius 3 is 2.45 bits per heavy atom. The number of likely N-dealkylation sites (tertiary alicyclic amines) is 1. The molecular weight excluding hydrogens is 564 g/mol. The number of hydrogen-bond donors (Lipinski definition) is 5. The number of nitrogens with one attached hydrogen (secondary N) is 3. The Labute approximate surface area is 249 Å². The zero-order chi connectivity index (χ0) is 30.0. The molecule has 3 heterocycles. The van der Waals surface area contributed by atoms with Gasteiger partial charge >= 0.3 is 5.97 Å². The van der Waals surface area contributed by atoms with Crippen LogP contribution in [0.5, 0.6) is 5.75 Å². The van der Waals surface area contributed by atoms with E-state index in [0.717, 1.165) is 12.0 Å². The van der Waals surface area contributed by atoms with E-state index in [9.17, 15) is 14.4 Å². The van der Waals surface area contributed by atoms with Gasteiger partial charge in [0.15, 0.2) is 11.8 Å². The summed E-state index contributed by atoms with van der Waals surface area (Å²) in [5.41, 5.74) is 11.2. The molecule has 3 fully saturated rings. The average molecular weight is 601 g/mol. The lowest BCUT2D eigenvalue weighted by Gasteiger charge is -2.39. The first-order valence-electron chi connectivity index (χ1n) is 14.2. The number of amidine groups is 1. The van der Waals surface area contributed by atoms with E-state index < -0.39 is 16.5 Å². The summed E-state index contributed by atoms with van der Waals surface area (Å²) in [4.78, 5) is 46.1. The van der Waals surface area contributed by atoms with Gasteiger partial charge in [-0.2, -0.15) is 4.99 Å². The molecule has 3 aliphatic heterocycles. The van der Waals surface area contributed by atoms with Crippen LogP contribution in [0.15, 0.2) is 46.3 Å². The second-order valence-electron chi connectivity index (χ2n) is 11.1. The van der Waals surface area contributed by atoms with E-state index in [2.05, 4.69) is 25.9 Å². The number of halogens is 1. The van der Waals surface area contributed by atoms with Crippen molar-refractivity contribution >= 4 is 41.2 Å². The first kappa shape index (κ1) is 29.5. The Hall–Kier alpha value is -4.00. The Morgan fingerprint density at radius 2 is 1.83 bits per heavy atom. The number of hydrogen-bond acceptors (Lipinski definition) is 9. The summed E-state index contributed by atoms with van der Waals surface area (Å²) in [7, 11) is 0. The summed E-state index contributed by atoms with van der Waals surface area (Å²) in [5, 5.41) is 9.09. The van der Waals surface area contributed by atoms with Crippen LogP contribution in [-0.4, -0.2) is 76.9 Å². The standard InChI is InChI=1S/C28H37ClN8O5/c1-2-41-24(40)27(10-3-11-27)42-19-7-4-18(5-8-19)6-9-21(38)37-14-12-26(13-15-37)17-32-25(36-26)35-23(39)28(29)22(31)34-20(30)16-33-28/h4-5,7-8,16,33H,2-3,6,9-15,17,30H2,1H3,(H2,31,34)(H2,32,35,36,39). The Bertz CT molecular complexity index is 1320. The van der Waals surface area contributed by atoms with Crippen molar-refractivity contribution in [1.82, 2.24) is 20.9 Å². The van der Waals surface area contributed by atoms with Gasteiger partial charge in [-0.3, -0.25) is 9.59 Å². The van der Waals surface area contributed by atoms with Crippen molar-refractivity contribution in [3.8, 4) is 5.75 Å². The third-order valence-corrected chi connectivity index (χ3v) is 8.72.